The van der Waals surface area contributed by atoms with Crippen molar-refractivity contribution in [3.63, 3.8) is 0 Å². The van der Waals surface area contributed by atoms with E-state index in [0.29, 0.717) is 16.5 Å². The predicted octanol–water partition coefficient (Wildman–Crippen LogP) is 4.13. The van der Waals surface area contributed by atoms with E-state index in [1.807, 2.05) is 0 Å². The Morgan fingerprint density at radius 3 is 2.81 bits per heavy atom. The van der Waals surface area contributed by atoms with Crippen molar-refractivity contribution in [2.75, 3.05) is 19.1 Å². The van der Waals surface area contributed by atoms with Crippen LogP contribution in [0.1, 0.15) is 12.3 Å². The van der Waals surface area contributed by atoms with E-state index in [4.69, 9.17) is 20.9 Å². The molecule has 3 rings (SSSR count). The van der Waals surface area contributed by atoms with E-state index < -0.39 is 5.82 Å². The van der Waals surface area contributed by atoms with Gasteiger partial charge in [-0.2, -0.15) is 4.98 Å². The molecule has 1 heterocycles. The number of hydrogen-bond donors (Lipinski definition) is 0. The molecule has 0 bridgehead atoms. The summed E-state index contributed by atoms with van der Waals surface area (Å²) in [5, 5.41) is 4.28. The van der Waals surface area contributed by atoms with Crippen LogP contribution in [0, 0.1) is 5.82 Å². The second kappa shape index (κ2) is 8.18. The molecular formula is C19H17ClFN3O3. The van der Waals surface area contributed by atoms with E-state index in [0.717, 1.165) is 0 Å². The minimum absolute atomic E-state index is 0.130. The van der Waals surface area contributed by atoms with Crippen molar-refractivity contribution in [1.82, 2.24) is 10.1 Å². The molecule has 27 heavy (non-hydrogen) atoms. The highest BCUT2D eigenvalue weighted by Gasteiger charge is 2.18. The number of rotatable bonds is 6. The summed E-state index contributed by atoms with van der Waals surface area (Å²) in [5.41, 5.74) is 0.812. The molecule has 0 atom stereocenters. The zero-order valence-corrected chi connectivity index (χ0v) is 15.5. The van der Waals surface area contributed by atoms with E-state index in [-0.39, 0.29) is 36.0 Å². The van der Waals surface area contributed by atoms with E-state index >= 15 is 0 Å². The van der Waals surface area contributed by atoms with Gasteiger partial charge in [0.25, 0.3) is 0 Å². The van der Waals surface area contributed by atoms with Gasteiger partial charge in [0.2, 0.25) is 17.6 Å². The summed E-state index contributed by atoms with van der Waals surface area (Å²) in [6, 6.07) is 11.2. The maximum absolute atomic E-state index is 13.8. The molecule has 0 spiro atoms. The van der Waals surface area contributed by atoms with Gasteiger partial charge in [-0.3, -0.25) is 4.79 Å². The van der Waals surface area contributed by atoms with Gasteiger partial charge in [-0.15, -0.1) is 0 Å². The van der Waals surface area contributed by atoms with E-state index in [1.54, 1.807) is 43.4 Å². The topological polar surface area (TPSA) is 68.5 Å². The molecule has 8 heteroatoms. The van der Waals surface area contributed by atoms with Crippen LogP contribution in [0.2, 0.25) is 5.02 Å². The first-order valence-electron chi connectivity index (χ1n) is 8.17. The van der Waals surface area contributed by atoms with Gasteiger partial charge < -0.3 is 14.2 Å². The van der Waals surface area contributed by atoms with E-state index in [9.17, 15) is 9.18 Å². The molecule has 6 nitrogen and oxygen atoms in total. The van der Waals surface area contributed by atoms with Crippen molar-refractivity contribution in [1.29, 1.82) is 0 Å². The fourth-order valence-corrected chi connectivity index (χ4v) is 2.72. The molecular weight excluding hydrogens is 373 g/mol. The minimum atomic E-state index is -0.436. The Labute approximate surface area is 160 Å². The minimum Gasteiger partial charge on any atom is -0.495 e. The number of ether oxygens (including phenoxy) is 1. The van der Waals surface area contributed by atoms with Crippen LogP contribution in [0.25, 0.3) is 11.4 Å². The fourth-order valence-electron chi connectivity index (χ4n) is 2.55. The van der Waals surface area contributed by atoms with E-state index in [2.05, 4.69) is 10.1 Å². The molecule has 140 valence electrons. The van der Waals surface area contributed by atoms with Crippen LogP contribution < -0.4 is 9.64 Å². The number of hydrogen-bond acceptors (Lipinski definition) is 5. The lowest BCUT2D eigenvalue weighted by molar-refractivity contribution is -0.118. The van der Waals surface area contributed by atoms with Crippen molar-refractivity contribution in [2.45, 2.75) is 12.8 Å². The number of carbonyl (C=O) groups excluding carboxylic acids is 1. The second-order valence-electron chi connectivity index (χ2n) is 5.76. The third kappa shape index (κ3) is 4.25. The van der Waals surface area contributed by atoms with Gasteiger partial charge in [0.15, 0.2) is 0 Å². The number of benzene rings is 2. The monoisotopic (exact) mass is 389 g/mol. The number of aromatic nitrogens is 2. The van der Waals surface area contributed by atoms with E-state index in [1.165, 1.54) is 18.1 Å². The molecule has 0 aliphatic rings. The third-order valence-corrected chi connectivity index (χ3v) is 4.25. The molecule has 1 amide bonds. The molecule has 0 radical (unpaired) electrons. The lowest BCUT2D eigenvalue weighted by Crippen LogP contribution is -2.26. The molecule has 0 aliphatic carbocycles. The zero-order chi connectivity index (χ0) is 19.4. The van der Waals surface area contributed by atoms with Gasteiger partial charge in [0.1, 0.15) is 11.6 Å². The van der Waals surface area contributed by atoms with Crippen LogP contribution in [-0.4, -0.2) is 30.2 Å². The molecule has 1 aromatic heterocycles. The summed E-state index contributed by atoms with van der Waals surface area (Å²) in [6.07, 6.45) is 0.360. The Morgan fingerprint density at radius 1 is 1.30 bits per heavy atom. The molecule has 0 saturated heterocycles. The summed E-state index contributed by atoms with van der Waals surface area (Å²) in [5.74, 6) is 0.332. The highest BCUT2D eigenvalue weighted by Crippen LogP contribution is 2.31. The van der Waals surface area contributed by atoms with Crippen molar-refractivity contribution in [2.24, 2.45) is 0 Å². The van der Waals surface area contributed by atoms with Crippen molar-refractivity contribution in [3.8, 4) is 17.1 Å². The van der Waals surface area contributed by atoms with Crippen LogP contribution in [0.4, 0.5) is 10.1 Å². The first kappa shape index (κ1) is 18.8. The highest BCUT2D eigenvalue weighted by molar-refractivity contribution is 6.31. The molecule has 0 N–H and O–H groups in total. The highest BCUT2D eigenvalue weighted by atomic mass is 35.5. The lowest BCUT2D eigenvalue weighted by atomic mass is 10.2. The first-order valence-corrected chi connectivity index (χ1v) is 8.55. The summed E-state index contributed by atoms with van der Waals surface area (Å²) in [6.45, 7) is 0. The number of nitrogens with zero attached hydrogens (tertiary/aromatic N) is 3. The second-order valence-corrected chi connectivity index (χ2v) is 6.20. The molecule has 0 saturated carbocycles. The van der Waals surface area contributed by atoms with Gasteiger partial charge in [-0.1, -0.05) is 28.9 Å². The average molecular weight is 390 g/mol. The number of methoxy groups -OCH3 is 1. The Kier molecular flexibility index (Phi) is 5.71. The number of amides is 1. The smallest absolute Gasteiger partial charge is 0.227 e. The Hall–Kier alpha value is -2.93. The fraction of sp³-hybridized carbons (Fsp3) is 0.211. The Bertz CT molecular complexity index is 961. The first-order chi connectivity index (χ1) is 13.0. The molecule has 0 unspecified atom stereocenters. The number of aryl methyl sites for hydroxylation is 1. The van der Waals surface area contributed by atoms with Crippen molar-refractivity contribution >= 4 is 23.2 Å². The molecule has 0 aliphatic heterocycles. The molecule has 3 aromatic rings. The largest absolute Gasteiger partial charge is 0.495 e. The van der Waals surface area contributed by atoms with Gasteiger partial charge in [-0.25, -0.2) is 4.39 Å². The zero-order valence-electron chi connectivity index (χ0n) is 14.8. The molecule has 0 fully saturated rings. The van der Waals surface area contributed by atoms with Gasteiger partial charge in [-0.05, 0) is 30.3 Å². The van der Waals surface area contributed by atoms with Crippen LogP contribution >= 0.6 is 11.6 Å². The van der Waals surface area contributed by atoms with Crippen LogP contribution in [0.5, 0.6) is 5.75 Å². The van der Waals surface area contributed by atoms with Crippen LogP contribution in [-0.2, 0) is 11.2 Å². The predicted molar refractivity (Wildman–Crippen MR) is 99.4 cm³/mol. The quantitative estimate of drug-likeness (QED) is 0.634. The summed E-state index contributed by atoms with van der Waals surface area (Å²) in [7, 11) is 3.16. The number of halogens is 2. The normalized spacial score (nSPS) is 10.7. The van der Waals surface area contributed by atoms with Gasteiger partial charge in [0.05, 0.1) is 18.4 Å². The van der Waals surface area contributed by atoms with Crippen LogP contribution in [0.3, 0.4) is 0 Å². The standard InChI is InChI=1S/C19H17ClFN3O3/c1-24(15-11-12(20)7-8-16(15)26-2)18(25)10-9-17-22-19(23-27-17)13-5-3-4-6-14(13)21/h3-8,11H,9-10H2,1-2H3. The molecule has 2 aromatic carbocycles. The Morgan fingerprint density at radius 2 is 2.07 bits per heavy atom. The number of carbonyl (C=O) groups is 1. The summed E-state index contributed by atoms with van der Waals surface area (Å²) in [4.78, 5) is 18.1. The third-order valence-electron chi connectivity index (χ3n) is 4.01. The van der Waals surface area contributed by atoms with Crippen molar-refractivity contribution < 1.29 is 18.4 Å². The SMILES string of the molecule is COc1ccc(Cl)cc1N(C)C(=O)CCc1nc(-c2ccccc2F)no1. The summed E-state index contributed by atoms with van der Waals surface area (Å²) < 4.78 is 24.2. The maximum atomic E-state index is 13.8. The lowest BCUT2D eigenvalue weighted by Gasteiger charge is -2.20. The van der Waals surface area contributed by atoms with Crippen LogP contribution in [0.15, 0.2) is 47.0 Å². The average Bonchev–Trinajstić information content (AvgIpc) is 3.14. The summed E-state index contributed by atoms with van der Waals surface area (Å²) >= 11 is 6.01. The Balaban J connectivity index is 1.68. The van der Waals surface area contributed by atoms with Crippen molar-refractivity contribution in [3.05, 3.63) is 59.2 Å². The maximum Gasteiger partial charge on any atom is 0.227 e. The van der Waals surface area contributed by atoms with Gasteiger partial charge >= 0.3 is 0 Å². The number of anilines is 1. The van der Waals surface area contributed by atoms with Gasteiger partial charge in [0, 0.05) is 24.9 Å².